The summed E-state index contributed by atoms with van der Waals surface area (Å²) in [6.07, 6.45) is -0.424. The molecule has 2 aromatic carbocycles. The van der Waals surface area contributed by atoms with E-state index in [9.17, 15) is 18.4 Å². The Balaban J connectivity index is 1.95. The molecule has 0 aromatic heterocycles. The quantitative estimate of drug-likeness (QED) is 0.847. The van der Waals surface area contributed by atoms with E-state index in [-0.39, 0.29) is 5.69 Å². The van der Waals surface area contributed by atoms with E-state index >= 15 is 0 Å². The molecule has 120 valence electrons. The Morgan fingerprint density at radius 3 is 2.30 bits per heavy atom. The summed E-state index contributed by atoms with van der Waals surface area (Å²) in [6.45, 7) is 3.74. The van der Waals surface area contributed by atoms with Crippen molar-refractivity contribution in [2.24, 2.45) is 0 Å². The summed E-state index contributed by atoms with van der Waals surface area (Å²) in [7, 11) is 0. The number of carbonyl (C=O) groups excluding carboxylic acids is 2. The number of aryl methyl sites for hydroxylation is 2. The summed E-state index contributed by atoms with van der Waals surface area (Å²) in [6, 6.07) is 8.57. The zero-order valence-electron chi connectivity index (χ0n) is 12.7. The van der Waals surface area contributed by atoms with Crippen molar-refractivity contribution in [1.29, 1.82) is 0 Å². The van der Waals surface area contributed by atoms with Gasteiger partial charge >= 0.3 is 0 Å². The summed E-state index contributed by atoms with van der Waals surface area (Å²) in [5.74, 6) is -3.17. The molecule has 2 rings (SSSR count). The summed E-state index contributed by atoms with van der Waals surface area (Å²) in [5, 5.41) is 5.00. The van der Waals surface area contributed by atoms with E-state index in [1.54, 1.807) is 6.07 Å². The van der Waals surface area contributed by atoms with Gasteiger partial charge in [-0.3, -0.25) is 9.59 Å². The second kappa shape index (κ2) is 7.00. The van der Waals surface area contributed by atoms with Gasteiger partial charge in [-0.05, 0) is 43.2 Å². The number of carbonyl (C=O) groups is 2. The van der Waals surface area contributed by atoms with Crippen LogP contribution in [0.25, 0.3) is 0 Å². The minimum atomic E-state index is -1.07. The predicted molar refractivity (Wildman–Crippen MR) is 84.2 cm³/mol. The van der Waals surface area contributed by atoms with Crippen molar-refractivity contribution >= 4 is 23.2 Å². The van der Waals surface area contributed by atoms with Crippen molar-refractivity contribution in [1.82, 2.24) is 0 Å². The van der Waals surface area contributed by atoms with Crippen molar-refractivity contribution in [2.75, 3.05) is 10.6 Å². The standard InChI is InChI=1S/C17H16F2N2O2/c1-10-3-4-11(2)15(7-10)21-17(23)9-16(22)20-12-5-6-13(18)14(19)8-12/h3-8H,9H2,1-2H3,(H,20,22)(H,21,23). The van der Waals surface area contributed by atoms with Gasteiger partial charge in [-0.2, -0.15) is 0 Å². The molecule has 23 heavy (non-hydrogen) atoms. The van der Waals surface area contributed by atoms with Crippen molar-refractivity contribution in [3.05, 3.63) is 59.2 Å². The fourth-order valence-electron chi connectivity index (χ4n) is 1.99. The topological polar surface area (TPSA) is 58.2 Å². The molecule has 0 unspecified atom stereocenters. The van der Waals surface area contributed by atoms with Crippen LogP contribution in [0.3, 0.4) is 0 Å². The summed E-state index contributed by atoms with van der Waals surface area (Å²) < 4.78 is 25.9. The highest BCUT2D eigenvalue weighted by atomic mass is 19.2. The van der Waals surface area contributed by atoms with Gasteiger partial charge in [0.2, 0.25) is 11.8 Å². The monoisotopic (exact) mass is 318 g/mol. The average Bonchev–Trinajstić information content (AvgIpc) is 2.46. The molecule has 0 heterocycles. The molecular formula is C17H16F2N2O2. The van der Waals surface area contributed by atoms with Gasteiger partial charge in [0.1, 0.15) is 6.42 Å². The Hall–Kier alpha value is -2.76. The van der Waals surface area contributed by atoms with Gasteiger partial charge in [0.25, 0.3) is 0 Å². The molecule has 0 atom stereocenters. The zero-order chi connectivity index (χ0) is 17.0. The van der Waals surface area contributed by atoms with Gasteiger partial charge in [0, 0.05) is 17.4 Å². The normalized spacial score (nSPS) is 10.3. The number of amides is 2. The van der Waals surface area contributed by atoms with Crippen molar-refractivity contribution < 1.29 is 18.4 Å². The Morgan fingerprint density at radius 2 is 1.61 bits per heavy atom. The second-order valence-corrected chi connectivity index (χ2v) is 5.22. The zero-order valence-corrected chi connectivity index (χ0v) is 12.7. The molecule has 2 amide bonds. The lowest BCUT2D eigenvalue weighted by Crippen LogP contribution is -2.21. The minimum Gasteiger partial charge on any atom is -0.326 e. The summed E-state index contributed by atoms with van der Waals surface area (Å²) in [4.78, 5) is 23.7. The van der Waals surface area contributed by atoms with E-state index < -0.39 is 29.9 Å². The van der Waals surface area contributed by atoms with Crippen LogP contribution in [0.1, 0.15) is 17.5 Å². The van der Waals surface area contributed by atoms with Crippen LogP contribution in [0.15, 0.2) is 36.4 Å². The van der Waals surface area contributed by atoms with Crippen LogP contribution in [0, 0.1) is 25.5 Å². The third kappa shape index (κ3) is 4.60. The third-order valence-electron chi connectivity index (χ3n) is 3.19. The van der Waals surface area contributed by atoms with Crippen molar-refractivity contribution in [2.45, 2.75) is 20.3 Å². The molecule has 2 N–H and O–H groups in total. The number of nitrogens with one attached hydrogen (secondary N) is 2. The van der Waals surface area contributed by atoms with E-state index in [0.717, 1.165) is 23.3 Å². The lowest BCUT2D eigenvalue weighted by molar-refractivity contribution is -0.123. The Morgan fingerprint density at radius 1 is 0.913 bits per heavy atom. The van der Waals surface area contributed by atoms with Crippen LogP contribution < -0.4 is 10.6 Å². The van der Waals surface area contributed by atoms with Crippen LogP contribution in [0.5, 0.6) is 0 Å². The highest BCUT2D eigenvalue weighted by Gasteiger charge is 2.12. The smallest absolute Gasteiger partial charge is 0.233 e. The first-order chi connectivity index (χ1) is 10.8. The third-order valence-corrected chi connectivity index (χ3v) is 3.19. The highest BCUT2D eigenvalue weighted by Crippen LogP contribution is 2.17. The Kier molecular flexibility index (Phi) is 5.05. The maximum atomic E-state index is 13.1. The minimum absolute atomic E-state index is 0.0911. The van der Waals surface area contributed by atoms with E-state index in [4.69, 9.17) is 0 Å². The Labute approximate surface area is 132 Å². The summed E-state index contributed by atoms with van der Waals surface area (Å²) >= 11 is 0. The van der Waals surface area contributed by atoms with E-state index in [1.807, 2.05) is 26.0 Å². The van der Waals surface area contributed by atoms with Gasteiger partial charge in [-0.25, -0.2) is 8.78 Å². The van der Waals surface area contributed by atoms with Gasteiger partial charge in [-0.15, -0.1) is 0 Å². The number of halogens is 2. The van der Waals surface area contributed by atoms with Crippen LogP contribution in [-0.4, -0.2) is 11.8 Å². The predicted octanol–water partition coefficient (Wildman–Crippen LogP) is 3.55. The van der Waals surface area contributed by atoms with Gasteiger partial charge in [0.15, 0.2) is 11.6 Å². The number of hydrogen-bond donors (Lipinski definition) is 2. The lowest BCUT2D eigenvalue weighted by Gasteiger charge is -2.10. The summed E-state index contributed by atoms with van der Waals surface area (Å²) in [5.41, 5.74) is 2.59. The molecule has 6 heteroatoms. The molecule has 2 aromatic rings. The molecule has 0 aliphatic rings. The number of rotatable bonds is 4. The lowest BCUT2D eigenvalue weighted by atomic mass is 10.1. The van der Waals surface area contributed by atoms with Crippen LogP contribution in [-0.2, 0) is 9.59 Å². The molecule has 0 radical (unpaired) electrons. The average molecular weight is 318 g/mol. The number of hydrogen-bond acceptors (Lipinski definition) is 2. The molecule has 0 fully saturated rings. The maximum Gasteiger partial charge on any atom is 0.233 e. The molecule has 0 aliphatic carbocycles. The largest absolute Gasteiger partial charge is 0.326 e. The number of anilines is 2. The highest BCUT2D eigenvalue weighted by molar-refractivity contribution is 6.08. The maximum absolute atomic E-state index is 13.1. The molecule has 0 saturated carbocycles. The van der Waals surface area contributed by atoms with Crippen LogP contribution in [0.2, 0.25) is 0 Å². The first kappa shape index (κ1) is 16.6. The van der Waals surface area contributed by atoms with Crippen LogP contribution >= 0.6 is 0 Å². The van der Waals surface area contributed by atoms with Gasteiger partial charge in [-0.1, -0.05) is 12.1 Å². The molecule has 0 saturated heterocycles. The first-order valence-electron chi connectivity index (χ1n) is 6.97. The SMILES string of the molecule is Cc1ccc(C)c(NC(=O)CC(=O)Nc2ccc(F)c(F)c2)c1. The molecule has 0 bridgehead atoms. The Bertz CT molecular complexity index is 760. The fraction of sp³-hybridized carbons (Fsp3) is 0.176. The van der Waals surface area contributed by atoms with Gasteiger partial charge in [0.05, 0.1) is 0 Å². The molecular weight excluding hydrogens is 302 g/mol. The van der Waals surface area contributed by atoms with Crippen molar-refractivity contribution in [3.63, 3.8) is 0 Å². The van der Waals surface area contributed by atoms with Gasteiger partial charge < -0.3 is 10.6 Å². The molecule has 0 aliphatic heterocycles. The van der Waals surface area contributed by atoms with Crippen molar-refractivity contribution in [3.8, 4) is 0 Å². The molecule has 0 spiro atoms. The number of benzene rings is 2. The van der Waals surface area contributed by atoms with E-state index in [0.29, 0.717) is 5.69 Å². The first-order valence-corrected chi connectivity index (χ1v) is 6.97. The van der Waals surface area contributed by atoms with E-state index in [1.165, 1.54) is 6.07 Å². The fourth-order valence-corrected chi connectivity index (χ4v) is 1.99. The molecule has 4 nitrogen and oxygen atoms in total. The second-order valence-electron chi connectivity index (χ2n) is 5.22. The van der Waals surface area contributed by atoms with Crippen LogP contribution in [0.4, 0.5) is 20.2 Å². The van der Waals surface area contributed by atoms with E-state index in [2.05, 4.69) is 10.6 Å².